The number of amides is 1. The van der Waals surface area contributed by atoms with E-state index in [0.717, 1.165) is 19.3 Å². The molecule has 120 valence electrons. The maximum atomic E-state index is 13.8. The average molecular weight is 316 g/mol. The number of aromatic nitrogens is 1. The summed E-state index contributed by atoms with van der Waals surface area (Å²) in [6.45, 7) is 1.10. The van der Waals surface area contributed by atoms with E-state index < -0.39 is 5.82 Å². The lowest BCUT2D eigenvalue weighted by Crippen LogP contribution is -2.51. The van der Waals surface area contributed by atoms with E-state index in [0.29, 0.717) is 18.7 Å². The third kappa shape index (κ3) is 2.53. The Balaban J connectivity index is 1.59. The van der Waals surface area contributed by atoms with Gasteiger partial charge in [-0.2, -0.15) is 0 Å². The van der Waals surface area contributed by atoms with Gasteiger partial charge in [0.2, 0.25) is 0 Å². The molecule has 6 heteroatoms. The molecule has 0 bridgehead atoms. The maximum absolute atomic E-state index is 13.8. The fourth-order valence-electron chi connectivity index (χ4n) is 3.49. The smallest absolute Gasteiger partial charge is 0.276 e. The molecule has 5 nitrogen and oxygen atoms in total. The van der Waals surface area contributed by atoms with Gasteiger partial charge in [0, 0.05) is 12.6 Å². The number of ether oxygens (including phenoxy) is 1. The SMILES string of the molecule is O=C(c1cc(-c2ccccc2F)on1)N1CCO[C@@H]2CCC[C@H]21. The molecule has 1 aromatic carbocycles. The van der Waals surface area contributed by atoms with E-state index in [-0.39, 0.29) is 29.5 Å². The molecular formula is C17H17FN2O3. The van der Waals surface area contributed by atoms with Gasteiger partial charge in [-0.3, -0.25) is 4.79 Å². The molecule has 1 saturated carbocycles. The van der Waals surface area contributed by atoms with Crippen molar-refractivity contribution in [3.05, 3.63) is 41.8 Å². The van der Waals surface area contributed by atoms with Crippen LogP contribution in [0.5, 0.6) is 0 Å². The van der Waals surface area contributed by atoms with Crippen molar-refractivity contribution >= 4 is 5.91 Å². The van der Waals surface area contributed by atoms with Crippen LogP contribution in [-0.4, -0.2) is 41.3 Å². The van der Waals surface area contributed by atoms with Crippen LogP contribution in [0, 0.1) is 5.82 Å². The number of morpholine rings is 1. The normalized spacial score (nSPS) is 23.8. The van der Waals surface area contributed by atoms with Gasteiger partial charge in [0.15, 0.2) is 11.5 Å². The lowest BCUT2D eigenvalue weighted by Gasteiger charge is -2.37. The first-order valence-corrected chi connectivity index (χ1v) is 7.88. The predicted octanol–water partition coefficient (Wildman–Crippen LogP) is 2.87. The zero-order valence-electron chi connectivity index (χ0n) is 12.6. The zero-order chi connectivity index (χ0) is 15.8. The number of hydrogen-bond acceptors (Lipinski definition) is 4. The highest BCUT2D eigenvalue weighted by molar-refractivity contribution is 5.93. The molecule has 0 spiro atoms. The van der Waals surface area contributed by atoms with Gasteiger partial charge >= 0.3 is 0 Å². The van der Waals surface area contributed by atoms with Gasteiger partial charge in [-0.05, 0) is 31.4 Å². The molecule has 0 unspecified atom stereocenters. The molecule has 0 radical (unpaired) electrons. The monoisotopic (exact) mass is 316 g/mol. The topological polar surface area (TPSA) is 55.6 Å². The summed E-state index contributed by atoms with van der Waals surface area (Å²) in [6, 6.07) is 7.91. The molecule has 1 saturated heterocycles. The van der Waals surface area contributed by atoms with Crippen LogP contribution in [0.25, 0.3) is 11.3 Å². The van der Waals surface area contributed by atoms with Crippen LogP contribution in [0.4, 0.5) is 4.39 Å². The van der Waals surface area contributed by atoms with Crippen molar-refractivity contribution in [3.63, 3.8) is 0 Å². The molecule has 2 atom stereocenters. The van der Waals surface area contributed by atoms with Crippen LogP contribution in [0.2, 0.25) is 0 Å². The van der Waals surface area contributed by atoms with Crippen molar-refractivity contribution in [2.75, 3.05) is 13.2 Å². The van der Waals surface area contributed by atoms with Gasteiger partial charge in [-0.25, -0.2) is 4.39 Å². The molecule has 1 aromatic heterocycles. The second-order valence-corrected chi connectivity index (χ2v) is 5.96. The Bertz CT molecular complexity index is 730. The number of fused-ring (bicyclic) bond motifs is 1. The first-order chi connectivity index (χ1) is 11.2. The number of carbonyl (C=O) groups excluding carboxylic acids is 1. The van der Waals surface area contributed by atoms with Crippen LogP contribution < -0.4 is 0 Å². The van der Waals surface area contributed by atoms with Crippen molar-refractivity contribution in [1.29, 1.82) is 0 Å². The summed E-state index contributed by atoms with van der Waals surface area (Å²) in [5.41, 5.74) is 0.524. The molecule has 2 fully saturated rings. The minimum absolute atomic E-state index is 0.116. The fraction of sp³-hybridized carbons (Fsp3) is 0.412. The van der Waals surface area contributed by atoms with E-state index in [1.807, 2.05) is 4.90 Å². The highest BCUT2D eigenvalue weighted by atomic mass is 19.1. The predicted molar refractivity (Wildman–Crippen MR) is 80.3 cm³/mol. The van der Waals surface area contributed by atoms with E-state index >= 15 is 0 Å². The van der Waals surface area contributed by atoms with Crippen LogP contribution >= 0.6 is 0 Å². The van der Waals surface area contributed by atoms with Crippen molar-refractivity contribution < 1.29 is 18.4 Å². The second-order valence-electron chi connectivity index (χ2n) is 5.96. The van der Waals surface area contributed by atoms with Crippen LogP contribution in [0.15, 0.2) is 34.9 Å². The Morgan fingerprint density at radius 2 is 2.17 bits per heavy atom. The van der Waals surface area contributed by atoms with E-state index in [1.54, 1.807) is 18.2 Å². The summed E-state index contributed by atoms with van der Waals surface area (Å²) >= 11 is 0. The van der Waals surface area contributed by atoms with Crippen molar-refractivity contribution in [3.8, 4) is 11.3 Å². The van der Waals surface area contributed by atoms with Gasteiger partial charge in [0.05, 0.1) is 24.3 Å². The molecule has 23 heavy (non-hydrogen) atoms. The molecule has 2 heterocycles. The first-order valence-electron chi connectivity index (χ1n) is 7.88. The molecule has 1 aliphatic heterocycles. The summed E-state index contributed by atoms with van der Waals surface area (Å²) in [5, 5.41) is 3.85. The Labute approximate surface area is 133 Å². The Hall–Kier alpha value is -2.21. The average Bonchev–Trinajstić information content (AvgIpc) is 3.23. The van der Waals surface area contributed by atoms with Crippen LogP contribution in [0.1, 0.15) is 29.8 Å². The van der Waals surface area contributed by atoms with Gasteiger partial charge < -0.3 is 14.2 Å². The lowest BCUT2D eigenvalue weighted by molar-refractivity contribution is -0.0448. The summed E-state index contributed by atoms with van der Waals surface area (Å²) in [5.74, 6) is -0.302. The summed E-state index contributed by atoms with van der Waals surface area (Å²) < 4.78 is 24.7. The van der Waals surface area contributed by atoms with Crippen LogP contribution in [-0.2, 0) is 4.74 Å². The first kappa shape index (κ1) is 14.4. The molecule has 2 aromatic rings. The number of benzene rings is 1. The molecule has 1 amide bonds. The molecule has 2 aliphatic rings. The molecular weight excluding hydrogens is 299 g/mol. The minimum atomic E-state index is -0.398. The van der Waals surface area contributed by atoms with Crippen molar-refractivity contribution in [2.45, 2.75) is 31.4 Å². The number of carbonyl (C=O) groups is 1. The third-order valence-corrected chi connectivity index (χ3v) is 4.61. The summed E-state index contributed by atoms with van der Waals surface area (Å²) in [6.07, 6.45) is 3.14. The van der Waals surface area contributed by atoms with Gasteiger partial charge in [-0.1, -0.05) is 17.3 Å². The van der Waals surface area contributed by atoms with Gasteiger partial charge in [0.1, 0.15) is 5.82 Å². The van der Waals surface area contributed by atoms with E-state index in [9.17, 15) is 9.18 Å². The zero-order valence-corrected chi connectivity index (χ0v) is 12.6. The number of halogens is 1. The fourth-order valence-corrected chi connectivity index (χ4v) is 3.49. The van der Waals surface area contributed by atoms with E-state index in [4.69, 9.17) is 9.26 Å². The summed E-state index contributed by atoms with van der Waals surface area (Å²) in [4.78, 5) is 14.5. The third-order valence-electron chi connectivity index (χ3n) is 4.61. The number of rotatable bonds is 2. The number of hydrogen-bond donors (Lipinski definition) is 0. The van der Waals surface area contributed by atoms with E-state index in [1.165, 1.54) is 12.1 Å². The van der Waals surface area contributed by atoms with Crippen molar-refractivity contribution in [1.82, 2.24) is 10.1 Å². The highest BCUT2D eigenvalue weighted by Crippen LogP contribution is 2.31. The van der Waals surface area contributed by atoms with Gasteiger partial charge in [-0.15, -0.1) is 0 Å². The highest BCUT2D eigenvalue weighted by Gasteiger charge is 2.39. The summed E-state index contributed by atoms with van der Waals surface area (Å²) in [7, 11) is 0. The quantitative estimate of drug-likeness (QED) is 0.855. The second kappa shape index (κ2) is 5.77. The Morgan fingerprint density at radius 1 is 1.30 bits per heavy atom. The van der Waals surface area contributed by atoms with Crippen LogP contribution in [0.3, 0.4) is 0 Å². The number of nitrogens with zero attached hydrogens (tertiary/aromatic N) is 2. The Kier molecular flexibility index (Phi) is 3.61. The largest absolute Gasteiger partial charge is 0.374 e. The minimum Gasteiger partial charge on any atom is -0.374 e. The molecule has 1 aliphatic carbocycles. The van der Waals surface area contributed by atoms with Crippen molar-refractivity contribution in [2.24, 2.45) is 0 Å². The van der Waals surface area contributed by atoms with E-state index in [2.05, 4.69) is 5.16 Å². The van der Waals surface area contributed by atoms with Gasteiger partial charge in [0.25, 0.3) is 5.91 Å². The maximum Gasteiger partial charge on any atom is 0.276 e. The standard InChI is InChI=1S/C17H17FN2O3/c18-12-5-2-1-4-11(12)16-10-13(19-23-16)17(21)20-8-9-22-15-7-3-6-14(15)20/h1-2,4-5,10,14-15H,3,6-9H2/t14-,15-/m1/s1. The lowest BCUT2D eigenvalue weighted by atomic mass is 10.1. The molecule has 0 N–H and O–H groups in total. The Morgan fingerprint density at radius 3 is 3.04 bits per heavy atom. The molecule has 4 rings (SSSR count).